The number of methoxy groups -OCH3 is 1. The molecular formula is C11H20N6O. The third kappa shape index (κ3) is 2.61. The fraction of sp³-hybridized carbons (Fsp3) is 0.727. The number of rotatable bonds is 5. The Bertz CT molecular complexity index is 371. The van der Waals surface area contributed by atoms with Gasteiger partial charge >= 0.3 is 6.01 Å². The molecule has 0 unspecified atom stereocenters. The minimum absolute atomic E-state index is 0.282. The molecule has 7 heteroatoms. The van der Waals surface area contributed by atoms with Crippen LogP contribution in [0, 0.1) is 0 Å². The van der Waals surface area contributed by atoms with Gasteiger partial charge in [-0.1, -0.05) is 12.8 Å². The van der Waals surface area contributed by atoms with Gasteiger partial charge in [0.25, 0.3) is 0 Å². The number of nitrogens with one attached hydrogen (secondary N) is 1. The van der Waals surface area contributed by atoms with E-state index in [0.29, 0.717) is 17.9 Å². The maximum absolute atomic E-state index is 5.36. The molecule has 1 heterocycles. The smallest absolute Gasteiger partial charge is 0.322 e. The summed E-state index contributed by atoms with van der Waals surface area (Å²) in [5.41, 5.74) is 2.44. The highest BCUT2D eigenvalue weighted by Crippen LogP contribution is 2.27. The highest BCUT2D eigenvalue weighted by Gasteiger charge is 2.24. The second kappa shape index (κ2) is 5.81. The molecule has 0 aliphatic heterocycles. The first-order chi connectivity index (χ1) is 8.78. The van der Waals surface area contributed by atoms with E-state index in [2.05, 4.69) is 32.2 Å². The van der Waals surface area contributed by atoms with Crippen LogP contribution in [0.25, 0.3) is 0 Å². The van der Waals surface area contributed by atoms with Crippen molar-refractivity contribution in [3.63, 3.8) is 0 Å². The lowest BCUT2D eigenvalue weighted by molar-refractivity contribution is 0.378. The molecule has 0 aromatic carbocycles. The Morgan fingerprint density at radius 2 is 2.06 bits per heavy atom. The number of hydrogen-bond acceptors (Lipinski definition) is 7. The maximum atomic E-state index is 5.36. The Labute approximate surface area is 107 Å². The van der Waals surface area contributed by atoms with Crippen LogP contribution in [0.2, 0.25) is 0 Å². The van der Waals surface area contributed by atoms with Gasteiger partial charge in [0.05, 0.1) is 7.11 Å². The summed E-state index contributed by atoms with van der Waals surface area (Å²) in [5.74, 6) is 6.32. The van der Waals surface area contributed by atoms with Gasteiger partial charge in [-0.2, -0.15) is 15.0 Å². The molecule has 7 nitrogen and oxygen atoms in total. The molecule has 0 spiro atoms. The van der Waals surface area contributed by atoms with Crippen molar-refractivity contribution >= 4 is 11.9 Å². The Morgan fingerprint density at radius 3 is 2.61 bits per heavy atom. The van der Waals surface area contributed by atoms with E-state index in [9.17, 15) is 0 Å². The van der Waals surface area contributed by atoms with Gasteiger partial charge in [-0.25, -0.2) is 5.84 Å². The molecule has 1 aromatic heterocycles. The van der Waals surface area contributed by atoms with Gasteiger partial charge in [0, 0.05) is 12.6 Å². The number of nitrogens with zero attached hydrogens (tertiary/aromatic N) is 4. The van der Waals surface area contributed by atoms with E-state index in [4.69, 9.17) is 10.6 Å². The van der Waals surface area contributed by atoms with Crippen LogP contribution < -0.4 is 20.9 Å². The van der Waals surface area contributed by atoms with Gasteiger partial charge in [0.15, 0.2) is 0 Å². The summed E-state index contributed by atoms with van der Waals surface area (Å²) < 4.78 is 5.07. The molecule has 18 heavy (non-hydrogen) atoms. The zero-order chi connectivity index (χ0) is 13.0. The molecule has 1 aliphatic carbocycles. The van der Waals surface area contributed by atoms with E-state index in [1.807, 2.05) is 0 Å². The SMILES string of the molecule is CCN(c1nc(NN)nc(OC)n1)C1CCCC1. The van der Waals surface area contributed by atoms with E-state index >= 15 is 0 Å². The third-order valence-corrected chi connectivity index (χ3v) is 3.28. The molecule has 1 aliphatic rings. The number of hydrazine groups is 1. The zero-order valence-corrected chi connectivity index (χ0v) is 10.9. The summed E-state index contributed by atoms with van der Waals surface area (Å²) >= 11 is 0. The molecule has 3 N–H and O–H groups in total. The molecule has 1 fully saturated rings. The van der Waals surface area contributed by atoms with E-state index in [1.165, 1.54) is 32.8 Å². The average molecular weight is 252 g/mol. The molecule has 0 bridgehead atoms. The Kier molecular flexibility index (Phi) is 4.14. The van der Waals surface area contributed by atoms with Crippen LogP contribution in [0.1, 0.15) is 32.6 Å². The molecule has 100 valence electrons. The molecule has 0 saturated heterocycles. The number of nitrogens with two attached hydrogens (primary N) is 1. The fourth-order valence-electron chi connectivity index (χ4n) is 2.41. The fourth-order valence-corrected chi connectivity index (χ4v) is 2.41. The van der Waals surface area contributed by atoms with Crippen LogP contribution >= 0.6 is 0 Å². The van der Waals surface area contributed by atoms with Crippen molar-refractivity contribution < 1.29 is 4.74 Å². The molecule has 0 atom stereocenters. The van der Waals surface area contributed by atoms with Crippen molar-refractivity contribution in [3.8, 4) is 6.01 Å². The third-order valence-electron chi connectivity index (χ3n) is 3.28. The van der Waals surface area contributed by atoms with Gasteiger partial charge in [0.1, 0.15) is 0 Å². The molecular weight excluding hydrogens is 232 g/mol. The van der Waals surface area contributed by atoms with Crippen molar-refractivity contribution in [1.29, 1.82) is 0 Å². The lowest BCUT2D eigenvalue weighted by Crippen LogP contribution is -2.35. The molecule has 0 amide bonds. The molecule has 1 saturated carbocycles. The number of hydrogen-bond donors (Lipinski definition) is 2. The molecule has 0 radical (unpaired) electrons. The predicted molar refractivity (Wildman–Crippen MR) is 69.5 cm³/mol. The average Bonchev–Trinajstić information content (AvgIpc) is 2.93. The number of anilines is 2. The molecule has 2 rings (SSSR count). The summed E-state index contributed by atoms with van der Waals surface area (Å²) in [4.78, 5) is 14.8. The van der Waals surface area contributed by atoms with Crippen LogP contribution in [0.4, 0.5) is 11.9 Å². The maximum Gasteiger partial charge on any atom is 0.322 e. The number of nitrogen functional groups attached to an aromatic ring is 1. The summed E-state index contributed by atoms with van der Waals surface area (Å²) in [6.07, 6.45) is 4.91. The van der Waals surface area contributed by atoms with Crippen LogP contribution in [0.15, 0.2) is 0 Å². The van der Waals surface area contributed by atoms with Gasteiger partial charge < -0.3 is 9.64 Å². The second-order valence-corrected chi connectivity index (χ2v) is 4.31. The van der Waals surface area contributed by atoms with Crippen LogP contribution in [0.5, 0.6) is 6.01 Å². The predicted octanol–water partition coefficient (Wildman–Crippen LogP) is 0.935. The first-order valence-corrected chi connectivity index (χ1v) is 6.31. The summed E-state index contributed by atoms with van der Waals surface area (Å²) in [6, 6.07) is 0.789. The lowest BCUT2D eigenvalue weighted by Gasteiger charge is -2.27. The number of aromatic nitrogens is 3. The summed E-state index contributed by atoms with van der Waals surface area (Å²) in [6.45, 7) is 2.96. The highest BCUT2D eigenvalue weighted by atomic mass is 16.5. The topological polar surface area (TPSA) is 89.2 Å². The Balaban J connectivity index is 2.28. The van der Waals surface area contributed by atoms with Crippen LogP contribution in [-0.4, -0.2) is 34.6 Å². The van der Waals surface area contributed by atoms with E-state index in [0.717, 1.165) is 6.54 Å². The monoisotopic (exact) mass is 252 g/mol. The standard InChI is InChI=1S/C11H20N6O/c1-3-17(8-6-4-5-7-8)10-13-9(16-12)14-11(15-10)18-2/h8H,3-7,12H2,1-2H3,(H,13,14,15,16). The van der Waals surface area contributed by atoms with E-state index < -0.39 is 0 Å². The van der Waals surface area contributed by atoms with Crippen molar-refractivity contribution in [2.75, 3.05) is 24.0 Å². The van der Waals surface area contributed by atoms with E-state index in [1.54, 1.807) is 0 Å². The van der Waals surface area contributed by atoms with Crippen LogP contribution in [0.3, 0.4) is 0 Å². The quantitative estimate of drug-likeness (QED) is 0.595. The summed E-state index contributed by atoms with van der Waals surface area (Å²) in [5, 5.41) is 0. The molecule has 1 aromatic rings. The van der Waals surface area contributed by atoms with Gasteiger partial charge in [-0.3, -0.25) is 5.43 Å². The van der Waals surface area contributed by atoms with Crippen molar-refractivity contribution in [3.05, 3.63) is 0 Å². The Morgan fingerprint density at radius 1 is 1.33 bits per heavy atom. The first-order valence-electron chi connectivity index (χ1n) is 6.31. The second-order valence-electron chi connectivity index (χ2n) is 4.31. The van der Waals surface area contributed by atoms with Crippen molar-refractivity contribution in [2.45, 2.75) is 38.6 Å². The Hall–Kier alpha value is -1.63. The van der Waals surface area contributed by atoms with Gasteiger partial charge in [-0.05, 0) is 19.8 Å². The highest BCUT2D eigenvalue weighted by molar-refractivity contribution is 5.38. The van der Waals surface area contributed by atoms with Crippen molar-refractivity contribution in [1.82, 2.24) is 15.0 Å². The normalized spacial score (nSPS) is 15.7. The lowest BCUT2D eigenvalue weighted by atomic mass is 10.2. The van der Waals surface area contributed by atoms with E-state index in [-0.39, 0.29) is 6.01 Å². The van der Waals surface area contributed by atoms with Crippen molar-refractivity contribution in [2.24, 2.45) is 5.84 Å². The number of ether oxygens (including phenoxy) is 1. The largest absolute Gasteiger partial charge is 0.467 e. The van der Waals surface area contributed by atoms with Gasteiger partial charge in [-0.15, -0.1) is 0 Å². The zero-order valence-electron chi connectivity index (χ0n) is 10.9. The first kappa shape index (κ1) is 12.8. The van der Waals surface area contributed by atoms with Gasteiger partial charge in [0.2, 0.25) is 11.9 Å². The minimum atomic E-state index is 0.282. The summed E-state index contributed by atoms with van der Waals surface area (Å²) in [7, 11) is 1.53. The van der Waals surface area contributed by atoms with Crippen LogP contribution in [-0.2, 0) is 0 Å². The minimum Gasteiger partial charge on any atom is -0.467 e.